The van der Waals surface area contributed by atoms with Gasteiger partial charge in [-0.3, -0.25) is 9.59 Å². The summed E-state index contributed by atoms with van der Waals surface area (Å²) < 4.78 is 0. The zero-order valence-electron chi connectivity index (χ0n) is 11.2. The Morgan fingerprint density at radius 3 is 3.10 bits per heavy atom. The van der Waals surface area contributed by atoms with Gasteiger partial charge in [-0.25, -0.2) is 4.98 Å². The van der Waals surface area contributed by atoms with Crippen LogP contribution >= 0.6 is 0 Å². The number of amides is 2. The Morgan fingerprint density at radius 2 is 2.30 bits per heavy atom. The van der Waals surface area contributed by atoms with E-state index in [0.29, 0.717) is 36.8 Å². The second kappa shape index (κ2) is 5.11. The quantitative estimate of drug-likeness (QED) is 0.776. The Morgan fingerprint density at radius 1 is 1.45 bits per heavy atom. The maximum Gasteiger partial charge on any atom is 0.274 e. The van der Waals surface area contributed by atoms with Gasteiger partial charge in [-0.05, 0) is 30.9 Å². The first kappa shape index (κ1) is 12.9. The molecular weight excluding hydrogens is 256 g/mol. The van der Waals surface area contributed by atoms with Crippen LogP contribution in [0.1, 0.15) is 29.8 Å². The fourth-order valence-corrected chi connectivity index (χ4v) is 3.04. The molecule has 20 heavy (non-hydrogen) atoms. The van der Waals surface area contributed by atoms with E-state index in [1.165, 1.54) is 0 Å². The molecule has 3 rings (SSSR count). The summed E-state index contributed by atoms with van der Waals surface area (Å²) in [5, 5.41) is 3.01. The number of nitrogen functional groups attached to an aromatic ring is 1. The van der Waals surface area contributed by atoms with E-state index in [0.717, 1.165) is 12.8 Å². The Kier molecular flexibility index (Phi) is 3.30. The van der Waals surface area contributed by atoms with Gasteiger partial charge in [0.1, 0.15) is 0 Å². The number of aromatic nitrogens is 1. The van der Waals surface area contributed by atoms with Crippen LogP contribution in [-0.4, -0.2) is 40.8 Å². The summed E-state index contributed by atoms with van der Waals surface area (Å²) in [7, 11) is 0. The number of rotatable bonds is 1. The summed E-state index contributed by atoms with van der Waals surface area (Å²) in [5.41, 5.74) is 6.55. The highest BCUT2D eigenvalue weighted by atomic mass is 16.2. The average molecular weight is 274 g/mol. The second-order valence-electron chi connectivity index (χ2n) is 5.45. The first-order chi connectivity index (χ1) is 9.65. The number of carbonyl (C=O) groups is 2. The summed E-state index contributed by atoms with van der Waals surface area (Å²) in [6.07, 6.45) is 3.78. The van der Waals surface area contributed by atoms with Crippen LogP contribution in [0.25, 0.3) is 0 Å². The van der Waals surface area contributed by atoms with E-state index in [4.69, 9.17) is 5.73 Å². The summed E-state index contributed by atoms with van der Waals surface area (Å²) in [4.78, 5) is 29.7. The molecule has 3 N–H and O–H groups in total. The Labute approximate surface area is 117 Å². The van der Waals surface area contributed by atoms with E-state index in [1.807, 2.05) is 0 Å². The van der Waals surface area contributed by atoms with Crippen LogP contribution in [-0.2, 0) is 4.79 Å². The normalized spacial score (nSPS) is 25.8. The van der Waals surface area contributed by atoms with E-state index < -0.39 is 0 Å². The number of nitrogens with one attached hydrogen (secondary N) is 1. The predicted octanol–water partition coefficient (Wildman–Crippen LogP) is 0.404. The smallest absolute Gasteiger partial charge is 0.274 e. The van der Waals surface area contributed by atoms with Crippen LogP contribution < -0.4 is 11.1 Å². The van der Waals surface area contributed by atoms with Gasteiger partial charge in [-0.15, -0.1) is 0 Å². The number of fused-ring (bicyclic) bond motifs is 1. The molecule has 0 bridgehead atoms. The van der Waals surface area contributed by atoms with Gasteiger partial charge in [0.05, 0.1) is 5.69 Å². The van der Waals surface area contributed by atoms with Crippen molar-refractivity contribution in [3.05, 3.63) is 24.0 Å². The molecule has 2 saturated heterocycles. The van der Waals surface area contributed by atoms with Crippen LogP contribution in [0.4, 0.5) is 5.69 Å². The molecular formula is C14H18N4O2. The lowest BCUT2D eigenvalue weighted by Gasteiger charge is -2.41. The summed E-state index contributed by atoms with van der Waals surface area (Å²) in [6.45, 7) is 1.30. The van der Waals surface area contributed by atoms with Gasteiger partial charge in [-0.1, -0.05) is 0 Å². The largest absolute Gasteiger partial charge is 0.397 e. The van der Waals surface area contributed by atoms with Crippen LogP contribution in [0.15, 0.2) is 18.3 Å². The van der Waals surface area contributed by atoms with Crippen LogP contribution in [0.5, 0.6) is 0 Å². The van der Waals surface area contributed by atoms with Crippen LogP contribution in [0, 0.1) is 5.92 Å². The zero-order chi connectivity index (χ0) is 14.1. The number of pyridine rings is 1. The monoisotopic (exact) mass is 274 g/mol. The lowest BCUT2D eigenvalue weighted by atomic mass is 9.85. The summed E-state index contributed by atoms with van der Waals surface area (Å²) in [5.74, 6) is 0.355. The molecule has 106 valence electrons. The van der Waals surface area contributed by atoms with Crippen molar-refractivity contribution >= 4 is 17.5 Å². The number of piperidine rings is 2. The number of anilines is 1. The molecule has 0 spiro atoms. The molecule has 0 aromatic carbocycles. The molecule has 1 aromatic rings. The molecule has 6 nitrogen and oxygen atoms in total. The van der Waals surface area contributed by atoms with Gasteiger partial charge >= 0.3 is 0 Å². The topological polar surface area (TPSA) is 88.3 Å². The van der Waals surface area contributed by atoms with E-state index in [-0.39, 0.29) is 17.9 Å². The van der Waals surface area contributed by atoms with Crippen LogP contribution in [0.2, 0.25) is 0 Å². The molecule has 2 atom stereocenters. The van der Waals surface area contributed by atoms with Gasteiger partial charge in [0.2, 0.25) is 5.91 Å². The molecule has 2 aliphatic heterocycles. The molecule has 2 unspecified atom stereocenters. The summed E-state index contributed by atoms with van der Waals surface area (Å²) in [6, 6.07) is 3.62. The molecule has 2 fully saturated rings. The third-order valence-electron chi connectivity index (χ3n) is 4.15. The minimum Gasteiger partial charge on any atom is -0.397 e. The number of carbonyl (C=O) groups excluding carboxylic acids is 2. The minimum atomic E-state index is -0.113. The van der Waals surface area contributed by atoms with Gasteiger partial charge < -0.3 is 16.0 Å². The number of nitrogens with two attached hydrogens (primary N) is 1. The van der Waals surface area contributed by atoms with Crippen molar-refractivity contribution in [1.82, 2.24) is 15.2 Å². The molecule has 0 saturated carbocycles. The standard InChI is InChI=1S/C14H18N4O2/c15-10-2-1-6-16-13(10)14(20)18-7-5-11-9(8-18)3-4-12(19)17-11/h1-2,6,9,11H,3-5,7-8,15H2,(H,17,19). The van der Waals surface area contributed by atoms with Crippen molar-refractivity contribution in [3.63, 3.8) is 0 Å². The average Bonchev–Trinajstić information content (AvgIpc) is 2.46. The third kappa shape index (κ3) is 2.33. The van der Waals surface area contributed by atoms with Crippen molar-refractivity contribution in [2.75, 3.05) is 18.8 Å². The van der Waals surface area contributed by atoms with Crippen molar-refractivity contribution < 1.29 is 9.59 Å². The Balaban J connectivity index is 1.72. The lowest BCUT2D eigenvalue weighted by molar-refractivity contribution is -0.125. The number of hydrogen-bond donors (Lipinski definition) is 2. The second-order valence-corrected chi connectivity index (χ2v) is 5.45. The van der Waals surface area contributed by atoms with Crippen molar-refractivity contribution in [2.45, 2.75) is 25.3 Å². The van der Waals surface area contributed by atoms with Crippen LogP contribution in [0.3, 0.4) is 0 Å². The fraction of sp³-hybridized carbons (Fsp3) is 0.500. The lowest BCUT2D eigenvalue weighted by Crippen LogP contribution is -2.55. The molecule has 1 aromatic heterocycles. The van der Waals surface area contributed by atoms with Gasteiger partial charge in [0.15, 0.2) is 5.69 Å². The number of hydrogen-bond acceptors (Lipinski definition) is 4. The number of nitrogens with zero attached hydrogens (tertiary/aromatic N) is 2. The first-order valence-electron chi connectivity index (χ1n) is 6.94. The van der Waals surface area contributed by atoms with E-state index >= 15 is 0 Å². The highest BCUT2D eigenvalue weighted by molar-refractivity contribution is 5.97. The van der Waals surface area contributed by atoms with E-state index in [9.17, 15) is 9.59 Å². The maximum absolute atomic E-state index is 12.5. The molecule has 2 amide bonds. The number of likely N-dealkylation sites (tertiary alicyclic amines) is 1. The minimum absolute atomic E-state index is 0.113. The van der Waals surface area contributed by atoms with Crippen molar-refractivity contribution in [1.29, 1.82) is 0 Å². The highest BCUT2D eigenvalue weighted by Gasteiger charge is 2.36. The fourth-order valence-electron chi connectivity index (χ4n) is 3.04. The van der Waals surface area contributed by atoms with E-state index in [1.54, 1.807) is 23.2 Å². The molecule has 0 radical (unpaired) electrons. The third-order valence-corrected chi connectivity index (χ3v) is 4.15. The Bertz CT molecular complexity index is 546. The van der Waals surface area contributed by atoms with Gasteiger partial charge in [-0.2, -0.15) is 0 Å². The molecule has 3 heterocycles. The van der Waals surface area contributed by atoms with E-state index in [2.05, 4.69) is 10.3 Å². The van der Waals surface area contributed by atoms with Gasteiger partial charge in [0, 0.05) is 31.7 Å². The van der Waals surface area contributed by atoms with Crippen molar-refractivity contribution in [3.8, 4) is 0 Å². The SMILES string of the molecule is Nc1cccnc1C(=O)N1CCC2NC(=O)CCC2C1. The predicted molar refractivity (Wildman–Crippen MR) is 73.8 cm³/mol. The molecule has 2 aliphatic rings. The highest BCUT2D eigenvalue weighted by Crippen LogP contribution is 2.26. The Hall–Kier alpha value is -2.11. The van der Waals surface area contributed by atoms with Crippen molar-refractivity contribution in [2.24, 2.45) is 5.92 Å². The molecule has 6 heteroatoms. The molecule has 0 aliphatic carbocycles. The summed E-state index contributed by atoms with van der Waals surface area (Å²) >= 11 is 0. The zero-order valence-corrected chi connectivity index (χ0v) is 11.2. The first-order valence-corrected chi connectivity index (χ1v) is 6.94. The van der Waals surface area contributed by atoms with Gasteiger partial charge in [0.25, 0.3) is 5.91 Å². The maximum atomic E-state index is 12.5.